The molecular weight excluding hydrogens is 128 g/mol. The van der Waals surface area contributed by atoms with Gasteiger partial charge in [-0.15, -0.1) is 0 Å². The van der Waals surface area contributed by atoms with Gasteiger partial charge in [0.1, 0.15) is 0 Å². The highest BCUT2D eigenvalue weighted by atomic mass is 16.1. The minimum Gasteiger partial charge on any atom is -0.344 e. The minimum absolute atomic E-state index is 0.0763. The molecule has 0 heterocycles. The van der Waals surface area contributed by atoms with Crippen molar-refractivity contribution in [2.45, 2.75) is 39.4 Å². The van der Waals surface area contributed by atoms with Gasteiger partial charge >= 0.3 is 0 Å². The fraction of sp³-hybridized carbons (Fsp3) is 0.857. The normalized spacial score (nSPS) is 15.9. The Morgan fingerprint density at radius 3 is 2.50 bits per heavy atom. The molecule has 0 saturated carbocycles. The molecule has 0 bridgehead atoms. The third-order valence-electron chi connectivity index (χ3n) is 1.46. The van der Waals surface area contributed by atoms with E-state index in [1.165, 1.54) is 0 Å². The van der Waals surface area contributed by atoms with E-state index in [1.54, 1.807) is 0 Å². The highest BCUT2D eigenvalue weighted by Crippen LogP contribution is 1.88. The monoisotopic (exact) mass is 144 g/mol. The highest BCUT2D eigenvalue weighted by Gasteiger charge is 2.01. The molecule has 3 heteroatoms. The SMILES string of the molecule is CCC(C)NC(C)NC=O. The highest BCUT2D eigenvalue weighted by molar-refractivity contribution is 5.46. The first-order valence-electron chi connectivity index (χ1n) is 3.66. The van der Waals surface area contributed by atoms with Crippen molar-refractivity contribution in [3.63, 3.8) is 0 Å². The summed E-state index contributed by atoms with van der Waals surface area (Å²) in [7, 11) is 0. The van der Waals surface area contributed by atoms with Crippen LogP contribution in [0.3, 0.4) is 0 Å². The summed E-state index contributed by atoms with van der Waals surface area (Å²) in [6, 6.07) is 0.461. The number of carbonyl (C=O) groups is 1. The lowest BCUT2D eigenvalue weighted by atomic mass is 10.2. The Morgan fingerprint density at radius 1 is 1.50 bits per heavy atom. The van der Waals surface area contributed by atoms with E-state index in [0.717, 1.165) is 6.42 Å². The average Bonchev–Trinajstić information content (AvgIpc) is 1.88. The van der Waals surface area contributed by atoms with Gasteiger partial charge in [0.25, 0.3) is 0 Å². The molecule has 0 aromatic rings. The Hall–Kier alpha value is -0.570. The Kier molecular flexibility index (Phi) is 4.94. The molecule has 0 radical (unpaired) electrons. The molecule has 10 heavy (non-hydrogen) atoms. The Balaban J connectivity index is 3.35. The van der Waals surface area contributed by atoms with Crippen LogP contribution in [0.4, 0.5) is 0 Å². The topological polar surface area (TPSA) is 41.1 Å². The lowest BCUT2D eigenvalue weighted by Crippen LogP contribution is -2.43. The number of rotatable bonds is 5. The molecular formula is C7H16N2O. The predicted octanol–water partition coefficient (Wildman–Crippen LogP) is 0.466. The van der Waals surface area contributed by atoms with Crippen LogP contribution in [-0.4, -0.2) is 18.6 Å². The maximum absolute atomic E-state index is 9.93. The molecule has 0 fully saturated rings. The van der Waals surface area contributed by atoms with Gasteiger partial charge in [-0.25, -0.2) is 0 Å². The quantitative estimate of drug-likeness (QED) is 0.435. The number of hydrogen-bond acceptors (Lipinski definition) is 2. The summed E-state index contributed by atoms with van der Waals surface area (Å²) in [5.41, 5.74) is 0. The standard InChI is InChI=1S/C7H16N2O/c1-4-6(2)9-7(3)8-5-10/h5-7,9H,4H2,1-3H3,(H,8,10). The molecule has 0 saturated heterocycles. The van der Waals surface area contributed by atoms with Crippen LogP contribution in [-0.2, 0) is 4.79 Å². The zero-order valence-corrected chi connectivity index (χ0v) is 6.85. The summed E-state index contributed by atoms with van der Waals surface area (Å²) in [4.78, 5) is 9.93. The third-order valence-corrected chi connectivity index (χ3v) is 1.46. The van der Waals surface area contributed by atoms with Crippen LogP contribution in [0, 0.1) is 0 Å². The van der Waals surface area contributed by atoms with Crippen molar-refractivity contribution in [2.24, 2.45) is 0 Å². The molecule has 0 aromatic carbocycles. The molecule has 2 unspecified atom stereocenters. The van der Waals surface area contributed by atoms with Crippen LogP contribution in [0.5, 0.6) is 0 Å². The third kappa shape index (κ3) is 4.32. The smallest absolute Gasteiger partial charge is 0.208 e. The van der Waals surface area contributed by atoms with Gasteiger partial charge in [0.15, 0.2) is 0 Å². The van der Waals surface area contributed by atoms with Gasteiger partial charge in [-0.3, -0.25) is 10.1 Å². The Labute approximate surface area is 62.2 Å². The minimum atomic E-state index is 0.0763. The Bertz CT molecular complexity index is 95.6. The van der Waals surface area contributed by atoms with Crippen molar-refractivity contribution in [2.75, 3.05) is 0 Å². The van der Waals surface area contributed by atoms with E-state index < -0.39 is 0 Å². The predicted molar refractivity (Wildman–Crippen MR) is 41.6 cm³/mol. The molecule has 60 valence electrons. The van der Waals surface area contributed by atoms with Crippen molar-refractivity contribution < 1.29 is 4.79 Å². The van der Waals surface area contributed by atoms with E-state index in [2.05, 4.69) is 24.5 Å². The number of carbonyl (C=O) groups excluding carboxylic acids is 1. The molecule has 2 N–H and O–H groups in total. The van der Waals surface area contributed by atoms with Gasteiger partial charge in [-0.1, -0.05) is 6.92 Å². The van der Waals surface area contributed by atoms with E-state index in [1.807, 2.05) is 6.92 Å². The summed E-state index contributed by atoms with van der Waals surface area (Å²) in [6.07, 6.45) is 1.86. The fourth-order valence-electron chi connectivity index (χ4n) is 0.695. The molecule has 0 aliphatic rings. The second-order valence-corrected chi connectivity index (χ2v) is 2.48. The first kappa shape index (κ1) is 9.43. The van der Waals surface area contributed by atoms with Crippen LogP contribution in [0.1, 0.15) is 27.2 Å². The van der Waals surface area contributed by atoms with Crippen molar-refractivity contribution in [1.82, 2.24) is 10.6 Å². The molecule has 0 rings (SSSR count). The van der Waals surface area contributed by atoms with Crippen molar-refractivity contribution >= 4 is 6.41 Å². The number of nitrogens with one attached hydrogen (secondary N) is 2. The van der Waals surface area contributed by atoms with Crippen LogP contribution in [0.15, 0.2) is 0 Å². The van der Waals surface area contributed by atoms with Gasteiger partial charge < -0.3 is 5.32 Å². The molecule has 0 aliphatic heterocycles. The summed E-state index contributed by atoms with van der Waals surface area (Å²) >= 11 is 0. The first-order chi connectivity index (χ1) is 4.70. The lowest BCUT2D eigenvalue weighted by Gasteiger charge is -2.17. The fourth-order valence-corrected chi connectivity index (χ4v) is 0.695. The van der Waals surface area contributed by atoms with Gasteiger partial charge in [0.2, 0.25) is 6.41 Å². The van der Waals surface area contributed by atoms with Gasteiger partial charge in [-0.05, 0) is 20.3 Å². The molecule has 1 amide bonds. The number of amides is 1. The zero-order chi connectivity index (χ0) is 7.98. The van der Waals surface area contributed by atoms with E-state index in [-0.39, 0.29) is 6.17 Å². The largest absolute Gasteiger partial charge is 0.344 e. The van der Waals surface area contributed by atoms with Gasteiger partial charge in [0.05, 0.1) is 6.17 Å². The molecule has 2 atom stereocenters. The second-order valence-electron chi connectivity index (χ2n) is 2.48. The van der Waals surface area contributed by atoms with Gasteiger partial charge in [0, 0.05) is 6.04 Å². The number of hydrogen-bond donors (Lipinski definition) is 2. The van der Waals surface area contributed by atoms with Crippen molar-refractivity contribution in [3.05, 3.63) is 0 Å². The van der Waals surface area contributed by atoms with E-state index >= 15 is 0 Å². The second kappa shape index (κ2) is 5.23. The van der Waals surface area contributed by atoms with Crippen molar-refractivity contribution in [3.8, 4) is 0 Å². The van der Waals surface area contributed by atoms with Crippen LogP contribution >= 0.6 is 0 Å². The molecule has 0 spiro atoms. The lowest BCUT2D eigenvalue weighted by molar-refractivity contribution is -0.110. The molecule has 0 aromatic heterocycles. The van der Waals surface area contributed by atoms with Crippen LogP contribution in [0.25, 0.3) is 0 Å². The zero-order valence-electron chi connectivity index (χ0n) is 6.85. The summed E-state index contributed by atoms with van der Waals surface area (Å²) in [5.74, 6) is 0. The van der Waals surface area contributed by atoms with E-state index in [9.17, 15) is 4.79 Å². The molecule has 3 nitrogen and oxygen atoms in total. The van der Waals surface area contributed by atoms with Crippen LogP contribution in [0.2, 0.25) is 0 Å². The molecule has 0 aliphatic carbocycles. The maximum Gasteiger partial charge on any atom is 0.208 e. The summed E-state index contributed by atoms with van der Waals surface area (Å²) < 4.78 is 0. The Morgan fingerprint density at radius 2 is 2.10 bits per heavy atom. The maximum atomic E-state index is 9.93. The van der Waals surface area contributed by atoms with Gasteiger partial charge in [-0.2, -0.15) is 0 Å². The summed E-state index contributed by atoms with van der Waals surface area (Å²) in [6.45, 7) is 6.11. The van der Waals surface area contributed by atoms with E-state index in [4.69, 9.17) is 0 Å². The average molecular weight is 144 g/mol. The van der Waals surface area contributed by atoms with E-state index in [0.29, 0.717) is 12.5 Å². The van der Waals surface area contributed by atoms with Crippen molar-refractivity contribution in [1.29, 1.82) is 0 Å². The first-order valence-corrected chi connectivity index (χ1v) is 3.66. The van der Waals surface area contributed by atoms with Crippen LogP contribution < -0.4 is 10.6 Å². The summed E-state index contributed by atoms with van der Waals surface area (Å²) in [5, 5.41) is 5.81.